The fraction of sp³-hybridized carbons (Fsp3) is 0.133. The molecule has 1 aliphatic rings. The van der Waals surface area contributed by atoms with Crippen LogP contribution in [0, 0.1) is 0 Å². The molecule has 0 aromatic heterocycles. The average Bonchev–Trinajstić information content (AvgIpc) is 2.48. The number of fused-ring (bicyclic) bond motifs is 1. The first-order chi connectivity index (χ1) is 10.1. The first-order valence-corrected chi connectivity index (χ1v) is 7.27. The maximum atomic E-state index is 12.1. The van der Waals surface area contributed by atoms with E-state index in [4.69, 9.17) is 0 Å². The molecule has 5 nitrogen and oxygen atoms in total. The van der Waals surface area contributed by atoms with E-state index in [1.165, 1.54) is 0 Å². The number of halogens is 1. The van der Waals surface area contributed by atoms with Crippen molar-refractivity contribution in [1.29, 1.82) is 0 Å². The van der Waals surface area contributed by atoms with Gasteiger partial charge in [-0.2, -0.15) is 5.10 Å². The lowest BCUT2D eigenvalue weighted by atomic mass is 10.1. The number of hydrogen-bond donors (Lipinski definition) is 2. The Morgan fingerprint density at radius 3 is 2.67 bits per heavy atom. The van der Waals surface area contributed by atoms with Crippen LogP contribution in [0.15, 0.2) is 46.0 Å². The van der Waals surface area contributed by atoms with Gasteiger partial charge in [0.2, 0.25) is 5.91 Å². The molecular weight excluding hydrogens is 334 g/mol. The van der Waals surface area contributed by atoms with Gasteiger partial charge < -0.3 is 5.32 Å². The number of hydrazone groups is 1. The molecule has 0 atom stereocenters. The Kier molecular flexibility index (Phi) is 3.70. The second kappa shape index (κ2) is 5.65. The highest BCUT2D eigenvalue weighted by molar-refractivity contribution is 9.10. The highest BCUT2D eigenvalue weighted by atomic mass is 79.9. The van der Waals surface area contributed by atoms with Crippen molar-refractivity contribution < 1.29 is 9.59 Å². The fourth-order valence-corrected chi connectivity index (χ4v) is 2.51. The normalized spacial score (nSPS) is 14.5. The summed E-state index contributed by atoms with van der Waals surface area (Å²) in [6.07, 6.45) is 0.649. The SMILES string of the molecule is O=C1CCC(C(=O)Nc2ccc3cc(Br)ccc3c2)=NN1. The van der Waals surface area contributed by atoms with Crippen molar-refractivity contribution in [2.24, 2.45) is 5.10 Å². The van der Waals surface area contributed by atoms with Gasteiger partial charge in [-0.1, -0.05) is 28.1 Å². The van der Waals surface area contributed by atoms with Crippen molar-refractivity contribution in [2.45, 2.75) is 12.8 Å². The van der Waals surface area contributed by atoms with E-state index >= 15 is 0 Å². The number of nitrogens with one attached hydrogen (secondary N) is 2. The van der Waals surface area contributed by atoms with Crippen molar-refractivity contribution in [1.82, 2.24) is 5.43 Å². The van der Waals surface area contributed by atoms with Gasteiger partial charge in [-0.05, 0) is 35.0 Å². The average molecular weight is 346 g/mol. The number of carbonyl (C=O) groups is 2. The summed E-state index contributed by atoms with van der Waals surface area (Å²) in [5.41, 5.74) is 3.36. The Hall–Kier alpha value is -2.21. The van der Waals surface area contributed by atoms with Gasteiger partial charge in [0.1, 0.15) is 5.71 Å². The quantitative estimate of drug-likeness (QED) is 0.878. The highest BCUT2D eigenvalue weighted by Crippen LogP contribution is 2.23. The van der Waals surface area contributed by atoms with Gasteiger partial charge in [0.15, 0.2) is 0 Å². The van der Waals surface area contributed by atoms with Crippen LogP contribution in [0.2, 0.25) is 0 Å². The second-order valence-electron chi connectivity index (χ2n) is 4.75. The van der Waals surface area contributed by atoms with Crippen LogP contribution in [-0.4, -0.2) is 17.5 Å². The lowest BCUT2D eigenvalue weighted by Gasteiger charge is -2.12. The van der Waals surface area contributed by atoms with Crippen molar-refractivity contribution in [3.05, 3.63) is 40.9 Å². The Morgan fingerprint density at radius 2 is 1.90 bits per heavy atom. The number of amides is 2. The zero-order valence-electron chi connectivity index (χ0n) is 11.0. The molecule has 0 spiro atoms. The maximum absolute atomic E-state index is 12.1. The van der Waals surface area contributed by atoms with Crippen LogP contribution < -0.4 is 10.7 Å². The smallest absolute Gasteiger partial charge is 0.271 e. The molecule has 21 heavy (non-hydrogen) atoms. The third-order valence-electron chi connectivity index (χ3n) is 3.23. The molecule has 1 heterocycles. The van der Waals surface area contributed by atoms with Gasteiger partial charge in [-0.25, -0.2) is 5.43 Å². The number of rotatable bonds is 2. The Morgan fingerprint density at radius 1 is 1.14 bits per heavy atom. The monoisotopic (exact) mass is 345 g/mol. The minimum absolute atomic E-state index is 0.164. The molecule has 3 rings (SSSR count). The summed E-state index contributed by atoms with van der Waals surface area (Å²) < 4.78 is 1.01. The Bertz CT molecular complexity index is 771. The summed E-state index contributed by atoms with van der Waals surface area (Å²) in [6.45, 7) is 0. The topological polar surface area (TPSA) is 70.6 Å². The predicted molar refractivity (Wildman–Crippen MR) is 85.1 cm³/mol. The van der Waals surface area contributed by atoms with Gasteiger partial charge in [0, 0.05) is 23.0 Å². The maximum Gasteiger partial charge on any atom is 0.271 e. The third-order valence-corrected chi connectivity index (χ3v) is 3.72. The highest BCUT2D eigenvalue weighted by Gasteiger charge is 2.18. The summed E-state index contributed by atoms with van der Waals surface area (Å²) >= 11 is 3.43. The molecule has 0 saturated heterocycles. The molecule has 0 bridgehead atoms. The molecule has 0 saturated carbocycles. The molecule has 6 heteroatoms. The van der Waals surface area contributed by atoms with Crippen LogP contribution in [0.5, 0.6) is 0 Å². The van der Waals surface area contributed by atoms with Gasteiger partial charge in [-0.3, -0.25) is 9.59 Å². The van der Waals surface area contributed by atoms with E-state index in [0.717, 1.165) is 15.2 Å². The number of anilines is 1. The van der Waals surface area contributed by atoms with Gasteiger partial charge >= 0.3 is 0 Å². The molecule has 106 valence electrons. The molecule has 0 fully saturated rings. The van der Waals surface area contributed by atoms with Crippen molar-refractivity contribution in [3.8, 4) is 0 Å². The summed E-state index contributed by atoms with van der Waals surface area (Å²) in [7, 11) is 0. The molecule has 2 amide bonds. The zero-order valence-corrected chi connectivity index (χ0v) is 12.6. The number of nitrogens with zero attached hydrogens (tertiary/aromatic N) is 1. The largest absolute Gasteiger partial charge is 0.321 e. The Balaban J connectivity index is 1.80. The summed E-state index contributed by atoms with van der Waals surface area (Å²) in [5, 5.41) is 8.70. The third kappa shape index (κ3) is 3.11. The van der Waals surface area contributed by atoms with Crippen LogP contribution in [0.4, 0.5) is 5.69 Å². The van der Waals surface area contributed by atoms with E-state index in [0.29, 0.717) is 17.8 Å². The standard InChI is InChI=1S/C15H12BrN3O2/c16-11-3-1-10-8-12(4-2-9(10)7-11)17-15(21)13-5-6-14(20)19-18-13/h1-4,7-8H,5-6H2,(H,17,21)(H,19,20). The molecule has 0 unspecified atom stereocenters. The van der Waals surface area contributed by atoms with Crippen LogP contribution in [0.3, 0.4) is 0 Å². The van der Waals surface area contributed by atoms with E-state index in [2.05, 4.69) is 31.8 Å². The van der Waals surface area contributed by atoms with Gasteiger partial charge in [0.05, 0.1) is 0 Å². The molecular formula is C15H12BrN3O2. The Labute approximate surface area is 129 Å². The molecule has 1 aliphatic heterocycles. The molecule has 0 aliphatic carbocycles. The lowest BCUT2D eigenvalue weighted by molar-refractivity contribution is -0.121. The summed E-state index contributed by atoms with van der Waals surface area (Å²) in [6, 6.07) is 11.6. The molecule has 0 radical (unpaired) electrons. The van der Waals surface area contributed by atoms with Crippen molar-refractivity contribution in [3.63, 3.8) is 0 Å². The van der Waals surface area contributed by atoms with E-state index in [1.54, 1.807) is 0 Å². The minimum atomic E-state index is -0.286. The zero-order chi connectivity index (χ0) is 14.8. The number of hydrogen-bond acceptors (Lipinski definition) is 3. The first-order valence-electron chi connectivity index (χ1n) is 6.48. The van der Waals surface area contributed by atoms with Crippen LogP contribution >= 0.6 is 15.9 Å². The predicted octanol–water partition coefficient (Wildman–Crippen LogP) is 2.81. The summed E-state index contributed by atoms with van der Waals surface area (Å²) in [4.78, 5) is 23.1. The van der Waals surface area contributed by atoms with Crippen LogP contribution in [-0.2, 0) is 9.59 Å². The fourth-order valence-electron chi connectivity index (χ4n) is 2.14. The van der Waals surface area contributed by atoms with Crippen molar-refractivity contribution >= 4 is 49.9 Å². The van der Waals surface area contributed by atoms with E-state index in [9.17, 15) is 9.59 Å². The first kappa shape index (κ1) is 13.8. The van der Waals surface area contributed by atoms with E-state index in [1.807, 2.05) is 36.4 Å². The van der Waals surface area contributed by atoms with E-state index < -0.39 is 0 Å². The van der Waals surface area contributed by atoms with Gasteiger partial charge in [-0.15, -0.1) is 0 Å². The molecule has 2 N–H and O–H groups in total. The summed E-state index contributed by atoms with van der Waals surface area (Å²) in [5.74, 6) is -0.450. The van der Waals surface area contributed by atoms with Crippen molar-refractivity contribution in [2.75, 3.05) is 5.32 Å². The van der Waals surface area contributed by atoms with Gasteiger partial charge in [0.25, 0.3) is 5.91 Å². The second-order valence-corrected chi connectivity index (χ2v) is 5.67. The molecule has 2 aromatic rings. The molecule has 2 aromatic carbocycles. The van der Waals surface area contributed by atoms with Crippen LogP contribution in [0.25, 0.3) is 10.8 Å². The number of carbonyl (C=O) groups excluding carboxylic acids is 2. The van der Waals surface area contributed by atoms with Crippen LogP contribution in [0.1, 0.15) is 12.8 Å². The number of benzene rings is 2. The minimum Gasteiger partial charge on any atom is -0.321 e. The van der Waals surface area contributed by atoms with E-state index in [-0.39, 0.29) is 18.2 Å². The lowest BCUT2D eigenvalue weighted by Crippen LogP contribution is -2.32.